The zero-order valence-electron chi connectivity index (χ0n) is 16.7. The molecule has 5 heteroatoms. The van der Waals surface area contributed by atoms with Crippen molar-refractivity contribution in [2.24, 2.45) is 11.7 Å². The summed E-state index contributed by atoms with van der Waals surface area (Å²) in [5, 5.41) is 1.09. The molecule has 2 N–H and O–H groups in total. The highest BCUT2D eigenvalue weighted by Crippen LogP contribution is 2.32. The van der Waals surface area contributed by atoms with Gasteiger partial charge in [-0.3, -0.25) is 4.98 Å². The largest absolute Gasteiger partial charge is 0.352 e. The molecule has 3 aromatic rings. The van der Waals surface area contributed by atoms with Crippen molar-refractivity contribution < 1.29 is 0 Å². The smallest absolute Gasteiger partial charge is 0.148 e. The van der Waals surface area contributed by atoms with Crippen LogP contribution in [0.5, 0.6) is 0 Å². The molecule has 1 aliphatic rings. The second-order valence-electron chi connectivity index (χ2n) is 7.10. The SMILES string of the molecule is CC.CC(C)CC(N)c1nc(N2CC2)c2cc(-c3ccncc3)ccc2n1. The molecule has 1 aliphatic heterocycles. The molecule has 0 saturated carbocycles. The molecular weight excluding hydrogens is 334 g/mol. The third kappa shape index (κ3) is 4.42. The number of nitrogens with zero attached hydrogens (tertiary/aromatic N) is 4. The minimum absolute atomic E-state index is 0.122. The molecule has 1 saturated heterocycles. The molecule has 0 spiro atoms. The van der Waals surface area contributed by atoms with Crippen LogP contribution < -0.4 is 10.6 Å². The summed E-state index contributed by atoms with van der Waals surface area (Å²) in [5.41, 5.74) is 9.61. The van der Waals surface area contributed by atoms with Gasteiger partial charge >= 0.3 is 0 Å². The lowest BCUT2D eigenvalue weighted by Crippen LogP contribution is -2.17. The summed E-state index contributed by atoms with van der Waals surface area (Å²) in [4.78, 5) is 16.0. The van der Waals surface area contributed by atoms with Crippen LogP contribution in [0.3, 0.4) is 0 Å². The first-order valence-corrected chi connectivity index (χ1v) is 9.84. The number of hydrogen-bond acceptors (Lipinski definition) is 5. The van der Waals surface area contributed by atoms with Crippen molar-refractivity contribution in [3.8, 4) is 11.1 Å². The maximum absolute atomic E-state index is 6.35. The van der Waals surface area contributed by atoms with Gasteiger partial charge in [0.25, 0.3) is 0 Å². The average Bonchev–Trinajstić information content (AvgIpc) is 3.53. The van der Waals surface area contributed by atoms with Gasteiger partial charge in [0, 0.05) is 30.9 Å². The third-order valence-corrected chi connectivity index (χ3v) is 4.51. The van der Waals surface area contributed by atoms with Gasteiger partial charge in [-0.15, -0.1) is 0 Å². The lowest BCUT2D eigenvalue weighted by molar-refractivity contribution is 0.494. The Morgan fingerprint density at radius 3 is 2.33 bits per heavy atom. The van der Waals surface area contributed by atoms with Crippen molar-refractivity contribution in [2.45, 2.75) is 40.2 Å². The van der Waals surface area contributed by atoms with Crippen LogP contribution in [0.4, 0.5) is 5.82 Å². The summed E-state index contributed by atoms with van der Waals surface area (Å²) in [7, 11) is 0. The van der Waals surface area contributed by atoms with E-state index in [-0.39, 0.29) is 6.04 Å². The molecular formula is C22H29N5. The van der Waals surface area contributed by atoms with Crippen LogP contribution in [0.2, 0.25) is 0 Å². The predicted molar refractivity (Wildman–Crippen MR) is 113 cm³/mol. The number of fused-ring (bicyclic) bond motifs is 1. The summed E-state index contributed by atoms with van der Waals surface area (Å²) < 4.78 is 0. The van der Waals surface area contributed by atoms with E-state index in [0.717, 1.165) is 53.2 Å². The van der Waals surface area contributed by atoms with E-state index in [0.29, 0.717) is 5.92 Å². The van der Waals surface area contributed by atoms with E-state index < -0.39 is 0 Å². The molecule has 1 unspecified atom stereocenters. The number of anilines is 1. The monoisotopic (exact) mass is 363 g/mol. The van der Waals surface area contributed by atoms with E-state index in [4.69, 9.17) is 15.7 Å². The van der Waals surface area contributed by atoms with Crippen molar-refractivity contribution in [3.05, 3.63) is 48.5 Å². The molecule has 142 valence electrons. The van der Waals surface area contributed by atoms with Gasteiger partial charge in [-0.05, 0) is 47.7 Å². The molecule has 4 rings (SSSR count). The molecule has 3 heterocycles. The van der Waals surface area contributed by atoms with Gasteiger partial charge in [0.2, 0.25) is 0 Å². The Bertz CT molecular complexity index is 888. The molecule has 0 radical (unpaired) electrons. The number of hydrogen-bond donors (Lipinski definition) is 1. The number of pyridine rings is 1. The van der Waals surface area contributed by atoms with Crippen LogP contribution >= 0.6 is 0 Å². The minimum Gasteiger partial charge on any atom is -0.352 e. The van der Waals surface area contributed by atoms with Crippen molar-refractivity contribution in [2.75, 3.05) is 18.0 Å². The number of aromatic nitrogens is 3. The quantitative estimate of drug-likeness (QED) is 0.672. The number of benzene rings is 1. The summed E-state index contributed by atoms with van der Waals surface area (Å²) in [6.45, 7) is 10.4. The lowest BCUT2D eigenvalue weighted by atomic mass is 10.0. The molecule has 5 nitrogen and oxygen atoms in total. The van der Waals surface area contributed by atoms with Crippen LogP contribution in [0.25, 0.3) is 22.0 Å². The van der Waals surface area contributed by atoms with Crippen molar-refractivity contribution in [1.29, 1.82) is 0 Å². The Balaban J connectivity index is 0.00000102. The Hall–Kier alpha value is -2.53. The Labute approximate surface area is 161 Å². The second-order valence-corrected chi connectivity index (χ2v) is 7.10. The number of nitrogens with two attached hydrogens (primary N) is 1. The maximum Gasteiger partial charge on any atom is 0.148 e. The van der Waals surface area contributed by atoms with Crippen molar-refractivity contribution in [1.82, 2.24) is 15.0 Å². The van der Waals surface area contributed by atoms with E-state index in [1.807, 2.05) is 38.4 Å². The van der Waals surface area contributed by atoms with Gasteiger partial charge in [0.15, 0.2) is 0 Å². The predicted octanol–water partition coefficient (Wildman–Crippen LogP) is 4.58. The van der Waals surface area contributed by atoms with Gasteiger partial charge in [0.1, 0.15) is 11.6 Å². The Morgan fingerprint density at radius 2 is 1.70 bits per heavy atom. The minimum atomic E-state index is -0.122. The molecule has 0 amide bonds. The van der Waals surface area contributed by atoms with Crippen LogP contribution in [-0.2, 0) is 0 Å². The molecule has 0 bridgehead atoms. The Morgan fingerprint density at radius 1 is 1.00 bits per heavy atom. The van der Waals surface area contributed by atoms with Crippen LogP contribution in [0.1, 0.15) is 46.0 Å². The highest BCUT2D eigenvalue weighted by atomic mass is 15.3. The van der Waals surface area contributed by atoms with Crippen LogP contribution in [0, 0.1) is 5.92 Å². The molecule has 1 aromatic carbocycles. The fourth-order valence-electron chi connectivity index (χ4n) is 3.14. The molecule has 27 heavy (non-hydrogen) atoms. The van der Waals surface area contributed by atoms with Gasteiger partial charge < -0.3 is 10.6 Å². The topological polar surface area (TPSA) is 67.7 Å². The zero-order valence-corrected chi connectivity index (χ0v) is 16.7. The van der Waals surface area contributed by atoms with E-state index in [2.05, 4.69) is 41.9 Å². The van der Waals surface area contributed by atoms with E-state index >= 15 is 0 Å². The lowest BCUT2D eigenvalue weighted by Gasteiger charge is -2.16. The average molecular weight is 364 g/mol. The summed E-state index contributed by atoms with van der Waals surface area (Å²) in [6, 6.07) is 10.3. The summed E-state index contributed by atoms with van der Waals surface area (Å²) in [6.07, 6.45) is 4.52. The first kappa shape index (κ1) is 19.2. The summed E-state index contributed by atoms with van der Waals surface area (Å²) in [5.74, 6) is 2.28. The number of rotatable bonds is 5. The van der Waals surface area contributed by atoms with E-state index in [1.165, 1.54) is 0 Å². The van der Waals surface area contributed by atoms with Crippen molar-refractivity contribution >= 4 is 16.7 Å². The normalized spacial score (nSPS) is 14.1. The zero-order chi connectivity index (χ0) is 19.4. The van der Waals surface area contributed by atoms with E-state index in [1.54, 1.807) is 0 Å². The highest BCUT2D eigenvalue weighted by Gasteiger charge is 2.24. The molecule has 1 fully saturated rings. The Kier molecular flexibility index (Phi) is 6.01. The molecule has 0 aliphatic carbocycles. The van der Waals surface area contributed by atoms with Gasteiger partial charge in [-0.2, -0.15) is 0 Å². The maximum atomic E-state index is 6.35. The van der Waals surface area contributed by atoms with Gasteiger partial charge in [-0.25, -0.2) is 9.97 Å². The summed E-state index contributed by atoms with van der Waals surface area (Å²) >= 11 is 0. The first-order chi connectivity index (χ1) is 13.1. The molecule has 2 aromatic heterocycles. The van der Waals surface area contributed by atoms with Gasteiger partial charge in [0.05, 0.1) is 11.6 Å². The van der Waals surface area contributed by atoms with Crippen LogP contribution in [0.15, 0.2) is 42.7 Å². The molecule has 1 atom stereocenters. The van der Waals surface area contributed by atoms with Crippen molar-refractivity contribution in [3.63, 3.8) is 0 Å². The highest BCUT2D eigenvalue weighted by molar-refractivity contribution is 5.93. The van der Waals surface area contributed by atoms with Gasteiger partial charge in [-0.1, -0.05) is 33.8 Å². The van der Waals surface area contributed by atoms with E-state index in [9.17, 15) is 0 Å². The van der Waals surface area contributed by atoms with Crippen LogP contribution in [-0.4, -0.2) is 28.0 Å². The second kappa shape index (κ2) is 8.44. The fraction of sp³-hybridized carbons (Fsp3) is 0.409. The fourth-order valence-corrected chi connectivity index (χ4v) is 3.14. The first-order valence-electron chi connectivity index (χ1n) is 9.84. The standard InChI is InChI=1S/C20H23N5.C2H6/c1-13(2)11-17(21)19-23-18-4-3-15(14-5-7-22-8-6-14)12-16(18)20(24-19)25-9-10-25;1-2/h3-8,12-13,17H,9-11,21H2,1-2H3;1-2H3. The third-order valence-electron chi connectivity index (χ3n) is 4.51.